The average Bonchev–Trinajstić information content (AvgIpc) is 4.02. The Morgan fingerprint density at radius 2 is 1.37 bits per heavy atom. The number of carbonyl (C=O) groups is 5. The minimum atomic E-state index is -0.384. The van der Waals surface area contributed by atoms with E-state index in [0.29, 0.717) is 53.1 Å². The summed E-state index contributed by atoms with van der Waals surface area (Å²) < 4.78 is 15.1. The summed E-state index contributed by atoms with van der Waals surface area (Å²) in [6, 6.07) is 23.2. The van der Waals surface area contributed by atoms with Gasteiger partial charge in [0.05, 0.1) is 44.5 Å². The Labute approximate surface area is 350 Å². The van der Waals surface area contributed by atoms with Crippen LogP contribution in [0, 0.1) is 0 Å². The van der Waals surface area contributed by atoms with Crippen LogP contribution in [0.5, 0.6) is 0 Å². The largest absolute Gasteiger partial charge is 0.465 e. The third-order valence-corrected chi connectivity index (χ3v) is 11.8. The van der Waals surface area contributed by atoms with Crippen LogP contribution in [0.25, 0.3) is 0 Å². The van der Waals surface area contributed by atoms with Gasteiger partial charge in [0.2, 0.25) is 0 Å². The zero-order chi connectivity index (χ0) is 41.7. The molecule has 0 radical (unpaired) electrons. The smallest absolute Gasteiger partial charge is 0.337 e. The fourth-order valence-electron chi connectivity index (χ4n) is 7.37. The zero-order valence-electron chi connectivity index (χ0n) is 34.2. The highest BCUT2D eigenvalue weighted by atomic mass is 32.1. The molecule has 2 aliphatic carbocycles. The molecule has 1 aromatic heterocycles. The molecule has 2 amide bonds. The van der Waals surface area contributed by atoms with Crippen LogP contribution in [0.1, 0.15) is 97.7 Å². The lowest BCUT2D eigenvalue weighted by molar-refractivity contribution is -0.148. The SMILES string of the molecule is CCOC(=O)CN(CCN(Cc1cccc(C(=O)Nc2sc3c(c2C(=O)Nc2ccc(CCc4ccc(C(=O)OC)cc4)cc2)CCCC3)c1)C1CC1)CC(=O)OCC. The van der Waals surface area contributed by atoms with E-state index in [1.165, 1.54) is 18.4 Å². The number of nitrogens with one attached hydrogen (secondary N) is 2. The highest BCUT2D eigenvalue weighted by Gasteiger charge is 2.30. The number of fused-ring (bicyclic) bond motifs is 1. The second-order valence-corrected chi connectivity index (χ2v) is 16.0. The molecular formula is C46H54N4O8S. The quantitative estimate of drug-likeness (QED) is 0.0701. The first-order valence-electron chi connectivity index (χ1n) is 20.5. The number of hydrogen-bond acceptors (Lipinski definition) is 11. The van der Waals surface area contributed by atoms with Gasteiger partial charge in [-0.15, -0.1) is 11.3 Å². The summed E-state index contributed by atoms with van der Waals surface area (Å²) in [6.45, 7) is 5.73. The van der Waals surface area contributed by atoms with E-state index in [1.54, 1.807) is 36.9 Å². The van der Waals surface area contributed by atoms with Gasteiger partial charge in [-0.2, -0.15) is 0 Å². The lowest BCUT2D eigenvalue weighted by Crippen LogP contribution is -2.41. The molecule has 59 heavy (non-hydrogen) atoms. The average molecular weight is 823 g/mol. The molecule has 0 aliphatic heterocycles. The standard InChI is InChI=1S/C46H54N4O8S/c1-4-57-40(51)29-49(30-41(52)58-5-2)25-26-50(37-23-24-37)28-33-9-8-10-35(27-33)43(53)48-45-42(38-11-6-7-12-39(38)59-45)44(54)47-36-21-17-32(18-22-36)14-13-31-15-19-34(20-16-31)46(55)56-3/h8-10,15-22,27,37H,4-7,11-14,23-26,28-30H2,1-3H3,(H,47,54)(H,48,53). The molecule has 1 saturated carbocycles. The number of nitrogens with zero attached hydrogens (tertiary/aromatic N) is 2. The van der Waals surface area contributed by atoms with Gasteiger partial charge in [-0.05, 0) is 124 Å². The molecule has 12 nitrogen and oxygen atoms in total. The summed E-state index contributed by atoms with van der Waals surface area (Å²) in [4.78, 5) is 69.4. The number of methoxy groups -OCH3 is 1. The van der Waals surface area contributed by atoms with Gasteiger partial charge < -0.3 is 24.8 Å². The molecule has 0 unspecified atom stereocenters. The van der Waals surface area contributed by atoms with Gasteiger partial charge in [0.15, 0.2) is 0 Å². The topological polar surface area (TPSA) is 144 Å². The molecule has 13 heteroatoms. The molecule has 312 valence electrons. The van der Waals surface area contributed by atoms with Crippen molar-refractivity contribution in [2.24, 2.45) is 0 Å². The van der Waals surface area contributed by atoms with E-state index in [2.05, 4.69) is 15.5 Å². The van der Waals surface area contributed by atoms with Gasteiger partial charge in [-0.25, -0.2) is 4.79 Å². The van der Waals surface area contributed by atoms with Crippen molar-refractivity contribution in [3.8, 4) is 0 Å². The first kappa shape index (κ1) is 43.2. The predicted molar refractivity (Wildman–Crippen MR) is 228 cm³/mol. The lowest BCUT2D eigenvalue weighted by Gasteiger charge is -2.27. The van der Waals surface area contributed by atoms with Crippen molar-refractivity contribution < 1.29 is 38.2 Å². The van der Waals surface area contributed by atoms with Crippen molar-refractivity contribution in [2.75, 3.05) is 57.1 Å². The summed E-state index contributed by atoms with van der Waals surface area (Å²) >= 11 is 1.49. The predicted octanol–water partition coefficient (Wildman–Crippen LogP) is 7.10. The van der Waals surface area contributed by atoms with Crippen LogP contribution in [-0.4, -0.2) is 92.1 Å². The highest BCUT2D eigenvalue weighted by molar-refractivity contribution is 7.17. The molecule has 4 aromatic rings. The van der Waals surface area contributed by atoms with Gasteiger partial charge in [-0.1, -0.05) is 36.4 Å². The van der Waals surface area contributed by atoms with Crippen LogP contribution in [-0.2, 0) is 56.0 Å². The summed E-state index contributed by atoms with van der Waals surface area (Å²) in [5.74, 6) is -1.65. The number of esters is 3. The fourth-order valence-corrected chi connectivity index (χ4v) is 8.65. The van der Waals surface area contributed by atoms with E-state index in [1.807, 2.05) is 54.6 Å². The van der Waals surface area contributed by atoms with Crippen LogP contribution in [0.3, 0.4) is 0 Å². The Balaban J connectivity index is 1.09. The molecule has 3 aromatic carbocycles. The molecule has 1 fully saturated rings. The van der Waals surface area contributed by atoms with Crippen LogP contribution in [0.2, 0.25) is 0 Å². The number of anilines is 2. The zero-order valence-corrected chi connectivity index (χ0v) is 35.0. The third-order valence-electron chi connectivity index (χ3n) is 10.6. The monoisotopic (exact) mass is 822 g/mol. The second-order valence-electron chi connectivity index (χ2n) is 14.9. The molecule has 6 rings (SSSR count). The van der Waals surface area contributed by atoms with Crippen molar-refractivity contribution >= 4 is 51.7 Å². The molecule has 0 saturated heterocycles. The number of aryl methyl sites for hydroxylation is 3. The van der Waals surface area contributed by atoms with Crippen LogP contribution < -0.4 is 10.6 Å². The maximum Gasteiger partial charge on any atom is 0.337 e. The van der Waals surface area contributed by atoms with E-state index in [-0.39, 0.29) is 56.0 Å². The van der Waals surface area contributed by atoms with Crippen molar-refractivity contribution in [1.29, 1.82) is 0 Å². The Morgan fingerprint density at radius 1 is 0.729 bits per heavy atom. The van der Waals surface area contributed by atoms with Crippen molar-refractivity contribution in [3.05, 3.63) is 117 Å². The number of thiophene rings is 1. The van der Waals surface area contributed by atoms with Crippen LogP contribution >= 0.6 is 11.3 Å². The molecule has 1 heterocycles. The number of carbonyl (C=O) groups excluding carboxylic acids is 5. The first-order chi connectivity index (χ1) is 28.6. The van der Waals surface area contributed by atoms with E-state index >= 15 is 0 Å². The first-order valence-corrected chi connectivity index (χ1v) is 21.4. The van der Waals surface area contributed by atoms with Gasteiger partial charge in [-0.3, -0.25) is 29.0 Å². The highest BCUT2D eigenvalue weighted by Crippen LogP contribution is 2.39. The maximum absolute atomic E-state index is 14.0. The fraction of sp³-hybridized carbons (Fsp3) is 0.413. The van der Waals surface area contributed by atoms with E-state index < -0.39 is 0 Å². The van der Waals surface area contributed by atoms with Crippen molar-refractivity contribution in [2.45, 2.75) is 77.8 Å². The molecule has 0 spiro atoms. The Bertz CT molecular complexity index is 2070. The lowest BCUT2D eigenvalue weighted by atomic mass is 9.95. The van der Waals surface area contributed by atoms with Crippen LogP contribution in [0.15, 0.2) is 72.8 Å². The van der Waals surface area contributed by atoms with Crippen molar-refractivity contribution in [1.82, 2.24) is 9.80 Å². The second kappa shape index (κ2) is 21.1. The number of amides is 2. The molecule has 2 N–H and O–H groups in total. The minimum Gasteiger partial charge on any atom is -0.465 e. The van der Waals surface area contributed by atoms with Gasteiger partial charge >= 0.3 is 17.9 Å². The summed E-state index contributed by atoms with van der Waals surface area (Å²) in [6.07, 6.45) is 7.41. The Morgan fingerprint density at radius 3 is 2.00 bits per heavy atom. The van der Waals surface area contributed by atoms with Gasteiger partial charge in [0.1, 0.15) is 5.00 Å². The summed E-state index contributed by atoms with van der Waals surface area (Å²) in [5, 5.41) is 6.74. The summed E-state index contributed by atoms with van der Waals surface area (Å²) in [5.41, 5.74) is 6.43. The van der Waals surface area contributed by atoms with E-state index in [4.69, 9.17) is 14.2 Å². The molecule has 0 bridgehead atoms. The number of ether oxygens (including phenoxy) is 3. The van der Waals surface area contributed by atoms with Crippen LogP contribution in [0.4, 0.5) is 10.7 Å². The van der Waals surface area contributed by atoms with E-state index in [9.17, 15) is 24.0 Å². The van der Waals surface area contributed by atoms with Crippen molar-refractivity contribution in [3.63, 3.8) is 0 Å². The maximum atomic E-state index is 14.0. The third kappa shape index (κ3) is 12.3. The normalized spacial score (nSPS) is 13.4. The molecule has 0 atom stereocenters. The summed E-state index contributed by atoms with van der Waals surface area (Å²) in [7, 11) is 1.37. The number of benzene rings is 3. The molecule has 2 aliphatic rings. The minimum absolute atomic E-state index is 0.00226. The number of hydrogen-bond donors (Lipinski definition) is 2. The Hall–Kier alpha value is -5.37. The number of rotatable bonds is 20. The Kier molecular flexibility index (Phi) is 15.4. The molecular weight excluding hydrogens is 769 g/mol. The van der Waals surface area contributed by atoms with Gasteiger partial charge in [0, 0.05) is 41.8 Å². The van der Waals surface area contributed by atoms with Gasteiger partial charge in [0.25, 0.3) is 11.8 Å². The van der Waals surface area contributed by atoms with E-state index in [0.717, 1.165) is 78.5 Å².